The monoisotopic (exact) mass is 268 g/mol. The number of hydrogen-bond donors (Lipinski definition) is 4. The normalized spacial score (nSPS) is 23.6. The Morgan fingerprint density at radius 2 is 1.72 bits per heavy atom. The van der Waals surface area contributed by atoms with Gasteiger partial charge in [-0.15, -0.1) is 0 Å². The van der Waals surface area contributed by atoms with E-state index in [0.717, 1.165) is 21.1 Å². The van der Waals surface area contributed by atoms with Crippen LogP contribution in [0.1, 0.15) is 13.8 Å². The summed E-state index contributed by atoms with van der Waals surface area (Å²) < 4.78 is 13.9. The zero-order valence-electron chi connectivity index (χ0n) is 10.8. The van der Waals surface area contributed by atoms with Crippen LogP contribution in [-0.4, -0.2) is 71.0 Å². The predicted molar refractivity (Wildman–Crippen MR) is 58.2 cm³/mol. The minimum absolute atomic E-state index is 0.172. The van der Waals surface area contributed by atoms with E-state index >= 15 is 0 Å². The Hall–Kier alpha value is -0.610. The van der Waals surface area contributed by atoms with E-state index < -0.39 is 23.5 Å². The molecule has 8 heteroatoms. The summed E-state index contributed by atoms with van der Waals surface area (Å²) in [6.45, 7) is 2.31. The zero-order chi connectivity index (χ0) is 14.6. The van der Waals surface area contributed by atoms with Crippen LogP contribution >= 0.6 is 0 Å². The number of carbonyl (C=O) groups excluding carboxylic acids is 1. The summed E-state index contributed by atoms with van der Waals surface area (Å²) >= 11 is 0. The van der Waals surface area contributed by atoms with Gasteiger partial charge in [0.15, 0.2) is 6.29 Å². The van der Waals surface area contributed by atoms with Crippen molar-refractivity contribution >= 4 is 6.29 Å². The van der Waals surface area contributed by atoms with Crippen molar-refractivity contribution in [2.24, 2.45) is 0 Å². The molecule has 8 nitrogen and oxygen atoms in total. The molecule has 0 unspecified atom stereocenters. The SMILES string of the molecule is CCO[C@](O)([C@@](O)(C=O)OC)[C@](O)(OC)[C@H](C)O. The highest BCUT2D eigenvalue weighted by atomic mass is 16.8. The van der Waals surface area contributed by atoms with E-state index in [0.29, 0.717) is 0 Å². The van der Waals surface area contributed by atoms with Gasteiger partial charge in [-0.25, -0.2) is 0 Å². The first-order chi connectivity index (χ1) is 8.19. The van der Waals surface area contributed by atoms with Crippen LogP contribution < -0.4 is 0 Å². The Bertz CT molecular complexity index is 283. The first-order valence-corrected chi connectivity index (χ1v) is 5.24. The molecule has 18 heavy (non-hydrogen) atoms. The quantitative estimate of drug-likeness (QED) is 0.293. The fourth-order valence-electron chi connectivity index (χ4n) is 1.53. The van der Waals surface area contributed by atoms with Gasteiger partial charge in [-0.1, -0.05) is 0 Å². The largest absolute Gasteiger partial charge is 0.388 e. The summed E-state index contributed by atoms with van der Waals surface area (Å²) in [6, 6.07) is 0. The van der Waals surface area contributed by atoms with Crippen LogP contribution in [-0.2, 0) is 19.0 Å². The Kier molecular flexibility index (Phi) is 5.82. The van der Waals surface area contributed by atoms with Gasteiger partial charge in [-0.3, -0.25) is 4.79 Å². The van der Waals surface area contributed by atoms with Crippen molar-refractivity contribution in [1.29, 1.82) is 0 Å². The molecule has 0 aliphatic carbocycles. The molecule has 4 N–H and O–H groups in total. The minimum atomic E-state index is -3.02. The molecule has 0 rings (SSSR count). The number of aldehydes is 1. The topological polar surface area (TPSA) is 126 Å². The third-order valence-electron chi connectivity index (χ3n) is 2.67. The Balaban J connectivity index is 5.85. The molecular weight excluding hydrogens is 248 g/mol. The molecule has 0 spiro atoms. The van der Waals surface area contributed by atoms with Gasteiger partial charge < -0.3 is 34.6 Å². The Morgan fingerprint density at radius 1 is 1.22 bits per heavy atom. The molecule has 0 radical (unpaired) electrons. The molecule has 0 saturated heterocycles. The lowest BCUT2D eigenvalue weighted by Gasteiger charge is -2.47. The first-order valence-electron chi connectivity index (χ1n) is 5.24. The van der Waals surface area contributed by atoms with E-state index in [1.165, 1.54) is 6.92 Å². The predicted octanol–water partition coefficient (Wildman–Crippen LogP) is -2.04. The Morgan fingerprint density at radius 3 is 1.94 bits per heavy atom. The van der Waals surface area contributed by atoms with E-state index in [-0.39, 0.29) is 12.9 Å². The average molecular weight is 268 g/mol. The number of aliphatic hydroxyl groups excluding tert-OH is 1. The maximum atomic E-state index is 10.9. The van der Waals surface area contributed by atoms with Crippen LogP contribution in [0.4, 0.5) is 0 Å². The minimum Gasteiger partial charge on any atom is -0.388 e. The van der Waals surface area contributed by atoms with Crippen molar-refractivity contribution in [3.8, 4) is 0 Å². The fraction of sp³-hybridized carbons (Fsp3) is 0.900. The first kappa shape index (κ1) is 17.4. The highest BCUT2D eigenvalue weighted by Crippen LogP contribution is 2.37. The molecule has 0 saturated carbocycles. The average Bonchev–Trinajstić information content (AvgIpc) is 2.36. The lowest BCUT2D eigenvalue weighted by molar-refractivity contribution is -0.466. The number of carbonyl (C=O) groups is 1. The standard InChI is InChI=1S/C10H20O8/c1-5-18-10(15,8(13,6-11)16-3)9(14,17-4)7(2)12/h6-7,12-15H,5H2,1-4H3/t7-,8+,9+,10+/m0/s1. The molecule has 0 fully saturated rings. The molecule has 0 aliphatic rings. The van der Waals surface area contributed by atoms with Gasteiger partial charge in [0.1, 0.15) is 6.10 Å². The fourth-order valence-corrected chi connectivity index (χ4v) is 1.53. The van der Waals surface area contributed by atoms with Gasteiger partial charge in [-0.2, -0.15) is 0 Å². The maximum Gasteiger partial charge on any atom is 0.287 e. The van der Waals surface area contributed by atoms with Crippen LogP contribution in [0.25, 0.3) is 0 Å². The van der Waals surface area contributed by atoms with Gasteiger partial charge in [0.25, 0.3) is 17.4 Å². The van der Waals surface area contributed by atoms with Crippen LogP contribution in [0.3, 0.4) is 0 Å². The molecular formula is C10H20O8. The smallest absolute Gasteiger partial charge is 0.287 e. The highest BCUT2D eigenvalue weighted by Gasteiger charge is 2.68. The number of hydrogen-bond acceptors (Lipinski definition) is 8. The third kappa shape index (κ3) is 2.41. The summed E-state index contributed by atoms with van der Waals surface area (Å²) in [5.41, 5.74) is 0. The highest BCUT2D eigenvalue weighted by molar-refractivity contribution is 5.62. The van der Waals surface area contributed by atoms with Gasteiger partial charge in [0.05, 0.1) is 0 Å². The summed E-state index contributed by atoms with van der Waals surface area (Å²) in [5, 5.41) is 39.7. The zero-order valence-corrected chi connectivity index (χ0v) is 10.8. The van der Waals surface area contributed by atoms with Crippen molar-refractivity contribution in [1.82, 2.24) is 0 Å². The van der Waals surface area contributed by atoms with E-state index in [9.17, 15) is 25.2 Å². The second kappa shape index (κ2) is 6.02. The molecule has 0 heterocycles. The van der Waals surface area contributed by atoms with Gasteiger partial charge in [0.2, 0.25) is 0 Å². The van der Waals surface area contributed by atoms with Crippen LogP contribution in [0.2, 0.25) is 0 Å². The third-order valence-corrected chi connectivity index (χ3v) is 2.67. The number of methoxy groups -OCH3 is 2. The Labute approximate surface area is 105 Å². The van der Waals surface area contributed by atoms with Crippen LogP contribution in [0.15, 0.2) is 0 Å². The molecule has 0 aromatic heterocycles. The van der Waals surface area contributed by atoms with Gasteiger partial charge >= 0.3 is 0 Å². The van der Waals surface area contributed by atoms with Crippen molar-refractivity contribution in [3.05, 3.63) is 0 Å². The summed E-state index contributed by atoms with van der Waals surface area (Å²) in [6.07, 6.45) is -1.87. The van der Waals surface area contributed by atoms with Crippen LogP contribution in [0, 0.1) is 0 Å². The lowest BCUT2D eigenvalue weighted by atomic mass is 9.92. The molecule has 0 aliphatic heterocycles. The summed E-state index contributed by atoms with van der Waals surface area (Å²) in [4.78, 5) is 10.9. The molecule has 4 atom stereocenters. The van der Waals surface area contributed by atoms with Crippen molar-refractivity contribution in [3.63, 3.8) is 0 Å². The molecule has 0 amide bonds. The van der Waals surface area contributed by atoms with E-state index in [1.54, 1.807) is 0 Å². The second-order valence-electron chi connectivity index (χ2n) is 3.67. The van der Waals surface area contributed by atoms with Crippen molar-refractivity contribution in [2.45, 2.75) is 37.3 Å². The molecule has 0 aromatic rings. The molecule has 0 aromatic carbocycles. The number of rotatable bonds is 8. The number of aliphatic hydroxyl groups is 4. The van der Waals surface area contributed by atoms with Gasteiger partial charge in [-0.05, 0) is 13.8 Å². The van der Waals surface area contributed by atoms with Gasteiger partial charge in [0, 0.05) is 20.8 Å². The lowest BCUT2D eigenvalue weighted by Crippen LogP contribution is -2.74. The summed E-state index contributed by atoms with van der Waals surface area (Å²) in [7, 11) is 1.87. The molecule has 108 valence electrons. The second-order valence-corrected chi connectivity index (χ2v) is 3.67. The van der Waals surface area contributed by atoms with Crippen molar-refractivity contribution < 1.29 is 39.4 Å². The summed E-state index contributed by atoms with van der Waals surface area (Å²) in [5.74, 6) is -8.73. The van der Waals surface area contributed by atoms with Crippen LogP contribution in [0.5, 0.6) is 0 Å². The number of ether oxygens (including phenoxy) is 3. The molecule has 0 bridgehead atoms. The van der Waals surface area contributed by atoms with E-state index in [1.807, 2.05) is 0 Å². The van der Waals surface area contributed by atoms with E-state index in [4.69, 9.17) is 4.74 Å². The maximum absolute atomic E-state index is 10.9. The van der Waals surface area contributed by atoms with Crippen molar-refractivity contribution in [2.75, 3.05) is 20.8 Å². The van der Waals surface area contributed by atoms with E-state index in [2.05, 4.69) is 9.47 Å².